The van der Waals surface area contributed by atoms with Crippen molar-refractivity contribution in [2.45, 2.75) is 13.5 Å². The van der Waals surface area contributed by atoms with Gasteiger partial charge in [-0.15, -0.1) is 11.3 Å². The van der Waals surface area contributed by atoms with Gasteiger partial charge in [0.15, 0.2) is 0 Å². The van der Waals surface area contributed by atoms with Crippen molar-refractivity contribution in [2.75, 3.05) is 0 Å². The Balaban J connectivity index is 1.82. The third-order valence-corrected chi connectivity index (χ3v) is 4.07. The number of nitrogens with one attached hydrogen (secondary N) is 2. The number of fused-ring (bicyclic) bond motifs is 1. The number of hydrogen-bond acceptors (Lipinski definition) is 2. The van der Waals surface area contributed by atoms with E-state index in [1.165, 1.54) is 16.7 Å². The van der Waals surface area contributed by atoms with E-state index in [0.29, 0.717) is 6.54 Å². The van der Waals surface area contributed by atoms with Crippen LogP contribution in [0.1, 0.15) is 20.9 Å². The molecular weight excluding hydrogens is 256 g/mol. The summed E-state index contributed by atoms with van der Waals surface area (Å²) in [5.74, 6) is -0.0142. The van der Waals surface area contributed by atoms with Crippen molar-refractivity contribution in [3.05, 3.63) is 57.9 Å². The normalized spacial score (nSPS) is 10.8. The van der Waals surface area contributed by atoms with Gasteiger partial charge in [0.05, 0.1) is 4.88 Å². The van der Waals surface area contributed by atoms with Crippen LogP contribution in [0.4, 0.5) is 0 Å². The molecule has 0 aliphatic heterocycles. The van der Waals surface area contributed by atoms with Gasteiger partial charge in [-0.3, -0.25) is 4.79 Å². The molecule has 0 atom stereocenters. The molecular formula is C15H14N2OS. The standard InChI is InChI=1S/C15H14N2OS/c1-10-12(11-5-2-3-6-13(11)17-10)9-16-15(18)14-7-4-8-19-14/h2-8,17H,9H2,1H3,(H,16,18). The number of rotatable bonds is 3. The Morgan fingerprint density at radius 1 is 1.26 bits per heavy atom. The second-order valence-corrected chi connectivity index (χ2v) is 5.38. The number of aryl methyl sites for hydroxylation is 1. The number of benzene rings is 1. The van der Waals surface area contributed by atoms with Crippen LogP contribution in [-0.4, -0.2) is 10.9 Å². The van der Waals surface area contributed by atoms with Crippen LogP contribution in [0.5, 0.6) is 0 Å². The van der Waals surface area contributed by atoms with E-state index in [1.54, 1.807) is 0 Å². The molecule has 0 bridgehead atoms. The fourth-order valence-corrected chi connectivity index (χ4v) is 2.87. The molecule has 4 heteroatoms. The van der Waals surface area contributed by atoms with Gasteiger partial charge in [-0.1, -0.05) is 24.3 Å². The predicted octanol–water partition coefficient (Wildman–Crippen LogP) is 3.47. The molecule has 0 radical (unpaired) electrons. The molecule has 19 heavy (non-hydrogen) atoms. The molecule has 96 valence electrons. The van der Waals surface area contributed by atoms with Crippen molar-refractivity contribution in [3.63, 3.8) is 0 Å². The fourth-order valence-electron chi connectivity index (χ4n) is 2.23. The Labute approximate surface area is 115 Å². The van der Waals surface area contributed by atoms with E-state index in [1.807, 2.05) is 42.6 Å². The second kappa shape index (κ2) is 4.90. The zero-order valence-electron chi connectivity index (χ0n) is 10.6. The van der Waals surface area contributed by atoms with Crippen molar-refractivity contribution in [1.29, 1.82) is 0 Å². The van der Waals surface area contributed by atoms with Crippen molar-refractivity contribution in [3.8, 4) is 0 Å². The van der Waals surface area contributed by atoms with E-state index in [9.17, 15) is 4.79 Å². The SMILES string of the molecule is Cc1[nH]c2ccccc2c1CNC(=O)c1cccs1. The second-order valence-electron chi connectivity index (χ2n) is 4.43. The van der Waals surface area contributed by atoms with Crippen LogP contribution in [0.25, 0.3) is 10.9 Å². The lowest BCUT2D eigenvalue weighted by molar-refractivity contribution is 0.0955. The van der Waals surface area contributed by atoms with E-state index in [-0.39, 0.29) is 5.91 Å². The minimum Gasteiger partial charge on any atom is -0.358 e. The average molecular weight is 270 g/mol. The summed E-state index contributed by atoms with van der Waals surface area (Å²) in [5, 5.41) is 6.05. The highest BCUT2D eigenvalue weighted by atomic mass is 32.1. The smallest absolute Gasteiger partial charge is 0.261 e. The van der Waals surface area contributed by atoms with E-state index in [0.717, 1.165) is 21.7 Å². The van der Waals surface area contributed by atoms with Gasteiger partial charge in [-0.25, -0.2) is 0 Å². The van der Waals surface area contributed by atoms with Gasteiger partial charge in [0.1, 0.15) is 0 Å². The van der Waals surface area contributed by atoms with Gasteiger partial charge in [0.2, 0.25) is 0 Å². The highest BCUT2D eigenvalue weighted by Gasteiger charge is 2.10. The lowest BCUT2D eigenvalue weighted by Gasteiger charge is -2.04. The van der Waals surface area contributed by atoms with Gasteiger partial charge < -0.3 is 10.3 Å². The average Bonchev–Trinajstić information content (AvgIpc) is 3.03. The van der Waals surface area contributed by atoms with Crippen molar-refractivity contribution < 1.29 is 4.79 Å². The first-order chi connectivity index (χ1) is 9.25. The number of amides is 1. The van der Waals surface area contributed by atoms with Crippen LogP contribution in [0.15, 0.2) is 41.8 Å². The molecule has 2 aromatic heterocycles. The third-order valence-electron chi connectivity index (χ3n) is 3.20. The van der Waals surface area contributed by atoms with Crippen LogP contribution in [-0.2, 0) is 6.54 Å². The van der Waals surface area contributed by atoms with Gasteiger partial charge in [0.25, 0.3) is 5.91 Å². The lowest BCUT2D eigenvalue weighted by Crippen LogP contribution is -2.22. The Kier molecular flexibility index (Phi) is 3.09. The summed E-state index contributed by atoms with van der Waals surface area (Å²) in [4.78, 5) is 16.0. The minimum absolute atomic E-state index is 0.0142. The van der Waals surface area contributed by atoms with E-state index >= 15 is 0 Å². The van der Waals surface area contributed by atoms with Crippen molar-refractivity contribution in [2.24, 2.45) is 0 Å². The first-order valence-electron chi connectivity index (χ1n) is 6.13. The number of thiophene rings is 1. The number of carbonyl (C=O) groups is 1. The maximum Gasteiger partial charge on any atom is 0.261 e. The summed E-state index contributed by atoms with van der Waals surface area (Å²) in [6.07, 6.45) is 0. The Bertz CT molecular complexity index is 713. The van der Waals surface area contributed by atoms with Crippen molar-refractivity contribution in [1.82, 2.24) is 10.3 Å². The van der Waals surface area contributed by atoms with Crippen molar-refractivity contribution >= 4 is 28.1 Å². The molecule has 3 rings (SSSR count). The lowest BCUT2D eigenvalue weighted by atomic mass is 10.1. The van der Waals surface area contributed by atoms with Crippen LogP contribution >= 0.6 is 11.3 Å². The molecule has 0 saturated heterocycles. The topological polar surface area (TPSA) is 44.9 Å². The zero-order chi connectivity index (χ0) is 13.2. The maximum absolute atomic E-state index is 11.9. The van der Waals surface area contributed by atoms with Gasteiger partial charge in [0, 0.05) is 23.1 Å². The van der Waals surface area contributed by atoms with Gasteiger partial charge in [-0.05, 0) is 30.0 Å². The molecule has 3 nitrogen and oxygen atoms in total. The van der Waals surface area contributed by atoms with Gasteiger partial charge in [-0.2, -0.15) is 0 Å². The molecule has 2 N–H and O–H groups in total. The monoisotopic (exact) mass is 270 g/mol. The molecule has 0 spiro atoms. The van der Waals surface area contributed by atoms with Crippen LogP contribution in [0.3, 0.4) is 0 Å². The molecule has 0 aliphatic carbocycles. The zero-order valence-corrected chi connectivity index (χ0v) is 11.4. The first-order valence-corrected chi connectivity index (χ1v) is 7.01. The molecule has 0 saturated carbocycles. The number of hydrogen-bond donors (Lipinski definition) is 2. The Hall–Kier alpha value is -2.07. The summed E-state index contributed by atoms with van der Waals surface area (Å²) < 4.78 is 0. The Morgan fingerprint density at radius 3 is 2.89 bits per heavy atom. The highest BCUT2D eigenvalue weighted by Crippen LogP contribution is 2.21. The van der Waals surface area contributed by atoms with Crippen LogP contribution < -0.4 is 5.32 Å². The quantitative estimate of drug-likeness (QED) is 0.752. The van der Waals surface area contributed by atoms with Crippen LogP contribution in [0, 0.1) is 6.92 Å². The molecule has 0 fully saturated rings. The maximum atomic E-state index is 11.9. The summed E-state index contributed by atoms with van der Waals surface area (Å²) in [5.41, 5.74) is 3.37. The summed E-state index contributed by atoms with van der Waals surface area (Å²) in [6.45, 7) is 2.58. The molecule has 3 aromatic rings. The number of aromatic amines is 1. The summed E-state index contributed by atoms with van der Waals surface area (Å²) in [7, 11) is 0. The number of carbonyl (C=O) groups excluding carboxylic acids is 1. The van der Waals surface area contributed by atoms with Gasteiger partial charge >= 0.3 is 0 Å². The van der Waals surface area contributed by atoms with E-state index in [2.05, 4.69) is 16.4 Å². The molecule has 1 aromatic carbocycles. The predicted molar refractivity (Wildman–Crippen MR) is 78.5 cm³/mol. The van der Waals surface area contributed by atoms with Crippen LogP contribution in [0.2, 0.25) is 0 Å². The first kappa shape index (κ1) is 12.0. The van der Waals surface area contributed by atoms with E-state index in [4.69, 9.17) is 0 Å². The Morgan fingerprint density at radius 2 is 2.11 bits per heavy atom. The van der Waals surface area contributed by atoms with E-state index < -0.39 is 0 Å². The largest absolute Gasteiger partial charge is 0.358 e. The summed E-state index contributed by atoms with van der Waals surface area (Å²) >= 11 is 1.46. The summed E-state index contributed by atoms with van der Waals surface area (Å²) in [6, 6.07) is 11.9. The fraction of sp³-hybridized carbons (Fsp3) is 0.133. The third kappa shape index (κ3) is 2.27. The molecule has 0 aliphatic rings. The highest BCUT2D eigenvalue weighted by molar-refractivity contribution is 7.12. The number of H-pyrrole nitrogens is 1. The number of para-hydroxylation sites is 1. The molecule has 0 unspecified atom stereocenters. The number of aromatic nitrogens is 1. The molecule has 1 amide bonds. The molecule has 2 heterocycles. The minimum atomic E-state index is -0.0142.